The largest absolute Gasteiger partial charge is 0.478 e. The predicted molar refractivity (Wildman–Crippen MR) is 52.5 cm³/mol. The van der Waals surface area contributed by atoms with Gasteiger partial charge in [-0.15, -0.1) is 0 Å². The van der Waals surface area contributed by atoms with Crippen molar-refractivity contribution in [1.29, 1.82) is 5.26 Å². The Kier molecular flexibility index (Phi) is 3.01. The zero-order chi connectivity index (χ0) is 11.6. The number of halogens is 1. The molecule has 0 saturated heterocycles. The van der Waals surface area contributed by atoms with Gasteiger partial charge in [-0.1, -0.05) is 0 Å². The molecule has 7 heteroatoms. The molecule has 0 bridgehead atoms. The first kappa shape index (κ1) is 11.1. The molecule has 0 aliphatic carbocycles. The SMILES string of the molecule is N#Cc1c(C(=O)O)ccc([N+](=O)[O-])c1Br. The maximum Gasteiger partial charge on any atom is 0.337 e. The summed E-state index contributed by atoms with van der Waals surface area (Å²) in [6, 6.07) is 3.68. The third-order valence-corrected chi connectivity index (χ3v) is 2.46. The van der Waals surface area contributed by atoms with Gasteiger partial charge >= 0.3 is 5.97 Å². The molecule has 1 rings (SSSR count). The fourth-order valence-electron chi connectivity index (χ4n) is 0.994. The molecule has 0 atom stereocenters. The summed E-state index contributed by atoms with van der Waals surface area (Å²) in [7, 11) is 0. The molecular formula is C8H3BrN2O4. The Morgan fingerprint density at radius 3 is 2.60 bits per heavy atom. The van der Waals surface area contributed by atoms with Crippen LogP contribution in [0.1, 0.15) is 15.9 Å². The van der Waals surface area contributed by atoms with Gasteiger partial charge in [-0.05, 0) is 22.0 Å². The Hall–Kier alpha value is -1.94. The van der Waals surface area contributed by atoms with Crippen molar-refractivity contribution in [2.24, 2.45) is 0 Å². The second-order valence-electron chi connectivity index (χ2n) is 2.50. The maximum absolute atomic E-state index is 10.7. The maximum atomic E-state index is 10.7. The molecule has 0 aliphatic rings. The summed E-state index contributed by atoms with van der Waals surface area (Å²) in [5.41, 5.74) is -0.858. The number of hydrogen-bond acceptors (Lipinski definition) is 4. The van der Waals surface area contributed by atoms with Gasteiger partial charge in [0.2, 0.25) is 0 Å². The lowest BCUT2D eigenvalue weighted by Gasteiger charge is -2.01. The second kappa shape index (κ2) is 4.06. The number of rotatable bonds is 2. The van der Waals surface area contributed by atoms with Gasteiger partial charge in [-0.2, -0.15) is 5.26 Å². The van der Waals surface area contributed by atoms with E-state index in [0.29, 0.717) is 0 Å². The minimum absolute atomic E-state index is 0.116. The predicted octanol–water partition coefficient (Wildman–Crippen LogP) is 1.93. The summed E-state index contributed by atoms with van der Waals surface area (Å²) < 4.78 is -0.116. The Bertz CT molecular complexity index is 492. The zero-order valence-electron chi connectivity index (χ0n) is 7.10. The molecule has 15 heavy (non-hydrogen) atoms. The van der Waals surface area contributed by atoms with Crippen LogP contribution >= 0.6 is 15.9 Å². The van der Waals surface area contributed by atoms with Crippen LogP contribution in [0.15, 0.2) is 16.6 Å². The van der Waals surface area contributed by atoms with Gasteiger partial charge in [-0.3, -0.25) is 10.1 Å². The van der Waals surface area contributed by atoms with Crippen molar-refractivity contribution in [3.63, 3.8) is 0 Å². The molecule has 0 fully saturated rings. The lowest BCUT2D eigenvalue weighted by Crippen LogP contribution is -2.02. The van der Waals surface area contributed by atoms with E-state index in [4.69, 9.17) is 10.4 Å². The first-order chi connectivity index (χ1) is 6.99. The van der Waals surface area contributed by atoms with Crippen molar-refractivity contribution in [3.8, 4) is 6.07 Å². The normalized spacial score (nSPS) is 9.33. The molecular weight excluding hydrogens is 268 g/mol. The van der Waals surface area contributed by atoms with E-state index in [1.165, 1.54) is 0 Å². The summed E-state index contributed by atoms with van der Waals surface area (Å²) >= 11 is 2.83. The van der Waals surface area contributed by atoms with Gasteiger partial charge in [0, 0.05) is 6.07 Å². The highest BCUT2D eigenvalue weighted by Gasteiger charge is 2.21. The standard InChI is InChI=1S/C8H3BrN2O4/c9-7-5(3-10)4(8(12)13)1-2-6(7)11(14)15/h1-2H,(H,12,13). The lowest BCUT2D eigenvalue weighted by atomic mass is 10.1. The first-order valence-electron chi connectivity index (χ1n) is 3.59. The topological polar surface area (TPSA) is 104 Å². The molecule has 0 saturated carbocycles. The Labute approximate surface area is 92.0 Å². The van der Waals surface area contributed by atoms with Crippen molar-refractivity contribution in [3.05, 3.63) is 37.8 Å². The summed E-state index contributed by atoms with van der Waals surface area (Å²) in [6.45, 7) is 0. The molecule has 1 aromatic carbocycles. The van der Waals surface area contributed by atoms with Crippen LogP contribution < -0.4 is 0 Å². The van der Waals surface area contributed by atoms with Crippen molar-refractivity contribution in [2.75, 3.05) is 0 Å². The number of nitro groups is 1. The Balaban J connectivity index is 3.55. The minimum Gasteiger partial charge on any atom is -0.478 e. The highest BCUT2D eigenvalue weighted by atomic mass is 79.9. The van der Waals surface area contributed by atoms with Crippen LogP contribution in [0.5, 0.6) is 0 Å². The van der Waals surface area contributed by atoms with Crippen molar-refractivity contribution >= 4 is 27.6 Å². The molecule has 0 unspecified atom stereocenters. The zero-order valence-corrected chi connectivity index (χ0v) is 8.69. The lowest BCUT2D eigenvalue weighted by molar-refractivity contribution is -0.385. The molecule has 6 nitrogen and oxygen atoms in total. The fourth-order valence-corrected chi connectivity index (χ4v) is 1.57. The van der Waals surface area contributed by atoms with Crippen LogP contribution in [-0.2, 0) is 0 Å². The number of nitro benzene ring substituents is 1. The van der Waals surface area contributed by atoms with E-state index in [1.54, 1.807) is 6.07 Å². The number of nitrogens with zero attached hydrogens (tertiary/aromatic N) is 2. The molecule has 1 N–H and O–H groups in total. The van der Waals surface area contributed by atoms with Crippen molar-refractivity contribution in [1.82, 2.24) is 0 Å². The van der Waals surface area contributed by atoms with Crippen LogP contribution in [0.25, 0.3) is 0 Å². The van der Waals surface area contributed by atoms with E-state index in [1.807, 2.05) is 0 Å². The summed E-state index contributed by atoms with van der Waals surface area (Å²) in [5, 5.41) is 27.9. The number of benzene rings is 1. The van der Waals surface area contributed by atoms with Crippen LogP contribution in [0.4, 0.5) is 5.69 Å². The number of hydrogen-bond donors (Lipinski definition) is 1. The van der Waals surface area contributed by atoms with Gasteiger partial charge < -0.3 is 5.11 Å². The Morgan fingerprint density at radius 2 is 2.20 bits per heavy atom. The molecule has 0 radical (unpaired) electrons. The van der Waals surface area contributed by atoms with Crippen molar-refractivity contribution < 1.29 is 14.8 Å². The summed E-state index contributed by atoms with van der Waals surface area (Å²) in [4.78, 5) is 20.5. The second-order valence-corrected chi connectivity index (χ2v) is 3.29. The number of carboxylic acid groups (broad SMARTS) is 1. The monoisotopic (exact) mass is 270 g/mol. The molecule has 0 aromatic heterocycles. The van der Waals surface area contributed by atoms with Gasteiger partial charge in [0.1, 0.15) is 10.5 Å². The van der Waals surface area contributed by atoms with E-state index < -0.39 is 10.9 Å². The third kappa shape index (κ3) is 1.94. The van der Waals surface area contributed by atoms with Crippen LogP contribution in [0.3, 0.4) is 0 Å². The van der Waals surface area contributed by atoms with Crippen LogP contribution in [-0.4, -0.2) is 16.0 Å². The quantitative estimate of drug-likeness (QED) is 0.653. The van der Waals surface area contributed by atoms with E-state index >= 15 is 0 Å². The Morgan fingerprint density at radius 1 is 1.60 bits per heavy atom. The average Bonchev–Trinajstić information content (AvgIpc) is 2.16. The van der Waals surface area contributed by atoms with Gasteiger partial charge in [-0.25, -0.2) is 4.79 Å². The minimum atomic E-state index is -1.30. The molecule has 0 aliphatic heterocycles. The van der Waals surface area contributed by atoms with Crippen molar-refractivity contribution in [2.45, 2.75) is 0 Å². The highest BCUT2D eigenvalue weighted by molar-refractivity contribution is 9.10. The first-order valence-corrected chi connectivity index (χ1v) is 4.38. The number of carbonyl (C=O) groups is 1. The van der Waals surface area contributed by atoms with Crippen LogP contribution in [0, 0.1) is 21.4 Å². The van der Waals surface area contributed by atoms with E-state index in [2.05, 4.69) is 15.9 Å². The number of carboxylic acids is 1. The smallest absolute Gasteiger partial charge is 0.337 e. The average molecular weight is 271 g/mol. The van der Waals surface area contributed by atoms with Gasteiger partial charge in [0.05, 0.1) is 16.1 Å². The van der Waals surface area contributed by atoms with Crippen LogP contribution in [0.2, 0.25) is 0 Å². The molecule has 0 amide bonds. The molecule has 76 valence electrons. The van der Waals surface area contributed by atoms with E-state index in [9.17, 15) is 14.9 Å². The fraction of sp³-hybridized carbons (Fsp3) is 0. The summed E-state index contributed by atoms with van der Waals surface area (Å²) in [5.74, 6) is -1.30. The third-order valence-electron chi connectivity index (χ3n) is 1.66. The molecule has 0 spiro atoms. The van der Waals surface area contributed by atoms with E-state index in [0.717, 1.165) is 12.1 Å². The van der Waals surface area contributed by atoms with Gasteiger partial charge in [0.25, 0.3) is 5.69 Å². The van der Waals surface area contributed by atoms with E-state index in [-0.39, 0.29) is 21.3 Å². The van der Waals surface area contributed by atoms with Gasteiger partial charge in [0.15, 0.2) is 0 Å². The number of aromatic carboxylic acids is 1. The number of nitriles is 1. The molecule has 0 heterocycles. The highest BCUT2D eigenvalue weighted by Crippen LogP contribution is 2.30. The summed E-state index contributed by atoms with van der Waals surface area (Å²) in [6.07, 6.45) is 0. The molecule has 1 aromatic rings.